The first-order valence-corrected chi connectivity index (χ1v) is 7.77. The third-order valence-corrected chi connectivity index (χ3v) is 4.87. The molecule has 3 nitrogen and oxygen atoms in total. The Kier molecular flexibility index (Phi) is 4.92. The first-order valence-electron chi connectivity index (χ1n) is 7.77. The fourth-order valence-electron chi connectivity index (χ4n) is 3.49. The van der Waals surface area contributed by atoms with Crippen LogP contribution in [0, 0.1) is 5.41 Å². The second-order valence-electron chi connectivity index (χ2n) is 5.50. The van der Waals surface area contributed by atoms with Crippen LogP contribution in [0.4, 0.5) is 0 Å². The van der Waals surface area contributed by atoms with Gasteiger partial charge in [-0.05, 0) is 38.9 Å². The molecule has 1 fully saturated rings. The molecule has 1 aromatic carbocycles. The predicted octanol–water partition coefficient (Wildman–Crippen LogP) is 3.63. The molecule has 0 radical (unpaired) electrons. The van der Waals surface area contributed by atoms with Gasteiger partial charge in [0.2, 0.25) is 0 Å². The van der Waals surface area contributed by atoms with Crippen molar-refractivity contribution in [1.29, 1.82) is 0 Å². The average Bonchev–Trinajstić information content (AvgIpc) is 2.46. The van der Waals surface area contributed by atoms with Gasteiger partial charge in [-0.25, -0.2) is 0 Å². The SMILES string of the molecule is CCOc1ccccc1OC1CC(NC)C1(CC)CC. The Labute approximate surface area is 122 Å². The Balaban J connectivity index is 2.14. The monoisotopic (exact) mass is 277 g/mol. The van der Waals surface area contributed by atoms with Crippen LogP contribution < -0.4 is 14.8 Å². The lowest BCUT2D eigenvalue weighted by atomic mass is 9.58. The minimum absolute atomic E-state index is 0.244. The molecule has 1 saturated carbocycles. The number of ether oxygens (including phenoxy) is 2. The van der Waals surface area contributed by atoms with Gasteiger partial charge in [0.15, 0.2) is 11.5 Å². The Morgan fingerprint density at radius 3 is 2.35 bits per heavy atom. The van der Waals surface area contributed by atoms with Gasteiger partial charge in [0, 0.05) is 17.9 Å². The maximum Gasteiger partial charge on any atom is 0.161 e. The van der Waals surface area contributed by atoms with E-state index < -0.39 is 0 Å². The van der Waals surface area contributed by atoms with Crippen molar-refractivity contribution < 1.29 is 9.47 Å². The van der Waals surface area contributed by atoms with Gasteiger partial charge < -0.3 is 14.8 Å². The molecule has 2 unspecified atom stereocenters. The van der Waals surface area contributed by atoms with Gasteiger partial charge in [0.05, 0.1) is 6.61 Å². The zero-order valence-corrected chi connectivity index (χ0v) is 13.1. The van der Waals surface area contributed by atoms with Gasteiger partial charge in [-0.2, -0.15) is 0 Å². The minimum Gasteiger partial charge on any atom is -0.490 e. The lowest BCUT2D eigenvalue weighted by molar-refractivity contribution is -0.0844. The molecule has 0 aliphatic heterocycles. The quantitative estimate of drug-likeness (QED) is 0.825. The smallest absolute Gasteiger partial charge is 0.161 e. The van der Waals surface area contributed by atoms with Crippen molar-refractivity contribution in [2.24, 2.45) is 5.41 Å². The summed E-state index contributed by atoms with van der Waals surface area (Å²) in [7, 11) is 2.05. The summed E-state index contributed by atoms with van der Waals surface area (Å²) in [6.45, 7) is 7.19. The third kappa shape index (κ3) is 2.51. The van der Waals surface area contributed by atoms with Gasteiger partial charge in [0.1, 0.15) is 6.10 Å². The minimum atomic E-state index is 0.244. The molecule has 1 aromatic rings. The van der Waals surface area contributed by atoms with Crippen molar-refractivity contribution in [2.75, 3.05) is 13.7 Å². The molecule has 0 amide bonds. The Hall–Kier alpha value is -1.22. The number of hydrogen-bond acceptors (Lipinski definition) is 3. The van der Waals surface area contributed by atoms with E-state index in [1.807, 2.05) is 31.2 Å². The standard InChI is InChI=1S/C17H27NO2/c1-5-17(6-2)15(18-4)12-16(17)20-14-11-9-8-10-13(14)19-7-3/h8-11,15-16,18H,5-7,12H2,1-4H3. The number of hydrogen-bond donors (Lipinski definition) is 1. The highest BCUT2D eigenvalue weighted by Crippen LogP contribution is 2.49. The number of nitrogens with one attached hydrogen (secondary N) is 1. The second kappa shape index (κ2) is 6.49. The summed E-state index contributed by atoms with van der Waals surface area (Å²) in [5.41, 5.74) is 0.244. The van der Waals surface area contributed by atoms with Gasteiger partial charge in [-0.15, -0.1) is 0 Å². The highest BCUT2D eigenvalue weighted by Gasteiger charge is 2.53. The molecule has 112 valence electrons. The first kappa shape index (κ1) is 15.2. The molecule has 2 rings (SSSR count). The van der Waals surface area contributed by atoms with E-state index in [-0.39, 0.29) is 11.5 Å². The molecule has 0 spiro atoms. The van der Waals surface area contributed by atoms with Crippen LogP contribution in [0.25, 0.3) is 0 Å². The van der Waals surface area contributed by atoms with Crippen LogP contribution in [0.5, 0.6) is 11.5 Å². The zero-order valence-electron chi connectivity index (χ0n) is 13.1. The van der Waals surface area contributed by atoms with Crippen molar-refractivity contribution in [1.82, 2.24) is 5.32 Å². The lowest BCUT2D eigenvalue weighted by Gasteiger charge is -2.55. The van der Waals surface area contributed by atoms with Crippen LogP contribution >= 0.6 is 0 Å². The highest BCUT2D eigenvalue weighted by atomic mass is 16.5. The molecule has 0 heterocycles. The summed E-state index contributed by atoms with van der Waals surface area (Å²) in [6.07, 6.45) is 3.61. The van der Waals surface area contributed by atoms with Crippen molar-refractivity contribution in [3.8, 4) is 11.5 Å². The summed E-state index contributed by atoms with van der Waals surface area (Å²) in [5, 5.41) is 3.44. The molecular formula is C17H27NO2. The van der Waals surface area contributed by atoms with Crippen LogP contribution in [0.2, 0.25) is 0 Å². The van der Waals surface area contributed by atoms with E-state index >= 15 is 0 Å². The maximum atomic E-state index is 6.30. The van der Waals surface area contributed by atoms with Gasteiger partial charge in [0.25, 0.3) is 0 Å². The molecule has 2 atom stereocenters. The molecule has 0 bridgehead atoms. The summed E-state index contributed by atoms with van der Waals surface area (Å²) >= 11 is 0. The average molecular weight is 277 g/mol. The molecule has 0 aromatic heterocycles. The van der Waals surface area contributed by atoms with Crippen LogP contribution in [-0.2, 0) is 0 Å². The Bertz CT molecular complexity index is 429. The second-order valence-corrected chi connectivity index (χ2v) is 5.50. The molecular weight excluding hydrogens is 250 g/mol. The van der Waals surface area contributed by atoms with Crippen LogP contribution in [-0.4, -0.2) is 25.8 Å². The molecule has 3 heteroatoms. The van der Waals surface area contributed by atoms with E-state index in [2.05, 4.69) is 26.2 Å². The predicted molar refractivity (Wildman–Crippen MR) is 82.5 cm³/mol. The Morgan fingerprint density at radius 1 is 1.15 bits per heavy atom. The molecule has 1 aliphatic carbocycles. The normalized spacial score (nSPS) is 24.0. The molecule has 20 heavy (non-hydrogen) atoms. The van der Waals surface area contributed by atoms with Crippen molar-refractivity contribution in [2.45, 2.75) is 52.2 Å². The largest absolute Gasteiger partial charge is 0.490 e. The van der Waals surface area contributed by atoms with Crippen LogP contribution in [0.15, 0.2) is 24.3 Å². The molecule has 1 aliphatic rings. The number of benzene rings is 1. The van der Waals surface area contributed by atoms with E-state index in [1.165, 1.54) is 0 Å². The number of rotatable bonds is 7. The summed E-state index contributed by atoms with van der Waals surface area (Å²) < 4.78 is 12.0. The fraction of sp³-hybridized carbons (Fsp3) is 0.647. The van der Waals surface area contributed by atoms with Gasteiger partial charge >= 0.3 is 0 Å². The maximum absolute atomic E-state index is 6.30. The van der Waals surface area contributed by atoms with E-state index in [1.54, 1.807) is 0 Å². The Morgan fingerprint density at radius 2 is 1.80 bits per heavy atom. The molecule has 1 N–H and O–H groups in total. The van der Waals surface area contributed by atoms with Crippen LogP contribution in [0.1, 0.15) is 40.0 Å². The van der Waals surface area contributed by atoms with Crippen molar-refractivity contribution >= 4 is 0 Å². The topological polar surface area (TPSA) is 30.5 Å². The lowest BCUT2D eigenvalue weighted by Crippen LogP contribution is -2.63. The van der Waals surface area contributed by atoms with Gasteiger partial charge in [-0.3, -0.25) is 0 Å². The van der Waals surface area contributed by atoms with Crippen molar-refractivity contribution in [3.63, 3.8) is 0 Å². The highest BCUT2D eigenvalue weighted by molar-refractivity contribution is 5.40. The van der Waals surface area contributed by atoms with E-state index in [0.717, 1.165) is 30.8 Å². The van der Waals surface area contributed by atoms with Gasteiger partial charge in [-0.1, -0.05) is 26.0 Å². The zero-order chi connectivity index (χ0) is 14.6. The van der Waals surface area contributed by atoms with E-state index in [9.17, 15) is 0 Å². The summed E-state index contributed by atoms with van der Waals surface area (Å²) in [6, 6.07) is 8.54. The first-order chi connectivity index (χ1) is 9.71. The van der Waals surface area contributed by atoms with Crippen LogP contribution in [0.3, 0.4) is 0 Å². The number of para-hydroxylation sites is 2. The summed E-state index contributed by atoms with van der Waals surface area (Å²) in [4.78, 5) is 0. The van der Waals surface area contributed by atoms with E-state index in [4.69, 9.17) is 9.47 Å². The van der Waals surface area contributed by atoms with Crippen molar-refractivity contribution in [3.05, 3.63) is 24.3 Å². The van der Waals surface area contributed by atoms with E-state index in [0.29, 0.717) is 12.6 Å². The third-order valence-electron chi connectivity index (χ3n) is 4.87. The molecule has 0 saturated heterocycles. The summed E-state index contributed by atoms with van der Waals surface area (Å²) in [5.74, 6) is 1.73. The fourth-order valence-corrected chi connectivity index (χ4v) is 3.49.